The van der Waals surface area contributed by atoms with Gasteiger partial charge in [0.25, 0.3) is 5.91 Å². The maximum atomic E-state index is 12.3. The van der Waals surface area contributed by atoms with Crippen LogP contribution in [0, 0.1) is 0 Å². The van der Waals surface area contributed by atoms with Crippen molar-refractivity contribution in [2.24, 2.45) is 0 Å². The second-order valence-corrected chi connectivity index (χ2v) is 5.41. The number of furan rings is 1. The number of H-pyrrole nitrogens is 1. The Kier molecular flexibility index (Phi) is 2.99. The summed E-state index contributed by atoms with van der Waals surface area (Å²) in [4.78, 5) is 25.9. The van der Waals surface area contributed by atoms with Crippen molar-refractivity contribution in [3.8, 4) is 0 Å². The van der Waals surface area contributed by atoms with Gasteiger partial charge in [-0.1, -0.05) is 11.6 Å². The predicted octanol–water partition coefficient (Wildman–Crippen LogP) is 3.77. The van der Waals surface area contributed by atoms with Crippen LogP contribution in [-0.4, -0.2) is 10.9 Å². The van der Waals surface area contributed by atoms with Gasteiger partial charge in [-0.3, -0.25) is 9.78 Å². The number of fused-ring (bicyclic) bond motifs is 2. The first-order chi connectivity index (χ1) is 11.1. The van der Waals surface area contributed by atoms with E-state index < -0.39 is 11.7 Å². The molecule has 0 fully saturated rings. The van der Waals surface area contributed by atoms with Gasteiger partial charge in [0.2, 0.25) is 0 Å². The lowest BCUT2D eigenvalue weighted by molar-refractivity contribution is 0.0998. The van der Waals surface area contributed by atoms with Gasteiger partial charge >= 0.3 is 5.76 Å². The van der Waals surface area contributed by atoms with Crippen LogP contribution in [0.1, 0.15) is 10.6 Å². The fourth-order valence-electron chi connectivity index (χ4n) is 2.35. The van der Waals surface area contributed by atoms with Crippen LogP contribution in [0.25, 0.3) is 22.1 Å². The van der Waals surface area contributed by atoms with E-state index in [4.69, 9.17) is 20.4 Å². The van der Waals surface area contributed by atoms with E-state index in [2.05, 4.69) is 10.3 Å². The number of oxazole rings is 1. The number of carbonyl (C=O) groups excluding carboxylic acids is 1. The SMILES string of the molecule is O=C(Nc1ccc2oc(=O)[nH]c2c1)c1cc2cc(Cl)ccc2o1. The number of halogens is 1. The average molecular weight is 329 g/mol. The lowest BCUT2D eigenvalue weighted by Gasteiger charge is -2.02. The van der Waals surface area contributed by atoms with Crippen molar-refractivity contribution in [2.75, 3.05) is 5.32 Å². The Morgan fingerprint density at radius 1 is 1.04 bits per heavy atom. The van der Waals surface area contributed by atoms with Crippen LogP contribution in [0.3, 0.4) is 0 Å². The van der Waals surface area contributed by atoms with E-state index >= 15 is 0 Å². The van der Waals surface area contributed by atoms with Gasteiger partial charge in [-0.15, -0.1) is 0 Å². The van der Waals surface area contributed by atoms with E-state index in [1.807, 2.05) is 0 Å². The first kappa shape index (κ1) is 13.7. The monoisotopic (exact) mass is 328 g/mol. The Bertz CT molecular complexity index is 1110. The molecule has 0 spiro atoms. The fourth-order valence-corrected chi connectivity index (χ4v) is 2.53. The van der Waals surface area contributed by atoms with E-state index in [1.54, 1.807) is 42.5 Å². The molecule has 2 aromatic carbocycles. The first-order valence-electron chi connectivity index (χ1n) is 6.72. The highest BCUT2D eigenvalue weighted by atomic mass is 35.5. The number of carbonyl (C=O) groups is 1. The highest BCUT2D eigenvalue weighted by Crippen LogP contribution is 2.24. The third-order valence-corrected chi connectivity index (χ3v) is 3.61. The largest absolute Gasteiger partial charge is 0.451 e. The molecule has 0 unspecified atom stereocenters. The van der Waals surface area contributed by atoms with Crippen molar-refractivity contribution in [3.05, 3.63) is 63.8 Å². The van der Waals surface area contributed by atoms with Crippen molar-refractivity contribution in [1.29, 1.82) is 0 Å². The van der Waals surface area contributed by atoms with Gasteiger partial charge in [0.1, 0.15) is 5.58 Å². The molecule has 0 saturated heterocycles. The predicted molar refractivity (Wildman–Crippen MR) is 86.0 cm³/mol. The van der Waals surface area contributed by atoms with Gasteiger partial charge in [-0.05, 0) is 42.5 Å². The molecule has 0 saturated carbocycles. The molecule has 23 heavy (non-hydrogen) atoms. The zero-order valence-electron chi connectivity index (χ0n) is 11.6. The summed E-state index contributed by atoms with van der Waals surface area (Å²) >= 11 is 5.91. The quantitative estimate of drug-likeness (QED) is 0.586. The van der Waals surface area contributed by atoms with E-state index in [9.17, 15) is 9.59 Å². The van der Waals surface area contributed by atoms with E-state index in [0.717, 1.165) is 5.39 Å². The number of nitrogens with one attached hydrogen (secondary N) is 2. The number of amides is 1. The van der Waals surface area contributed by atoms with Gasteiger partial charge < -0.3 is 14.2 Å². The highest BCUT2D eigenvalue weighted by Gasteiger charge is 2.13. The summed E-state index contributed by atoms with van der Waals surface area (Å²) in [5.41, 5.74) is 2.02. The summed E-state index contributed by atoms with van der Waals surface area (Å²) in [6.45, 7) is 0. The number of rotatable bonds is 2. The van der Waals surface area contributed by atoms with Crippen LogP contribution >= 0.6 is 11.6 Å². The first-order valence-corrected chi connectivity index (χ1v) is 7.10. The van der Waals surface area contributed by atoms with Crippen LogP contribution in [0.4, 0.5) is 5.69 Å². The summed E-state index contributed by atoms with van der Waals surface area (Å²) in [6.07, 6.45) is 0. The molecule has 0 aliphatic carbocycles. The van der Waals surface area contributed by atoms with E-state index in [-0.39, 0.29) is 5.76 Å². The maximum Gasteiger partial charge on any atom is 0.417 e. The molecule has 1 amide bonds. The molecule has 0 aliphatic rings. The van der Waals surface area contributed by atoms with Crippen LogP contribution in [0.15, 0.2) is 56.1 Å². The van der Waals surface area contributed by atoms with Gasteiger partial charge in [-0.2, -0.15) is 0 Å². The van der Waals surface area contributed by atoms with E-state index in [1.165, 1.54) is 0 Å². The Morgan fingerprint density at radius 2 is 1.87 bits per heavy atom. The fraction of sp³-hybridized carbons (Fsp3) is 0. The molecule has 2 aromatic heterocycles. The molecule has 114 valence electrons. The number of hydrogen-bond acceptors (Lipinski definition) is 4. The molecule has 2 N–H and O–H groups in total. The van der Waals surface area contributed by atoms with Crippen molar-refractivity contribution in [3.63, 3.8) is 0 Å². The van der Waals surface area contributed by atoms with Crippen LogP contribution in [0.5, 0.6) is 0 Å². The highest BCUT2D eigenvalue weighted by molar-refractivity contribution is 6.31. The number of hydrogen-bond donors (Lipinski definition) is 2. The molecule has 0 bridgehead atoms. The van der Waals surface area contributed by atoms with Crippen molar-refractivity contribution in [2.45, 2.75) is 0 Å². The maximum absolute atomic E-state index is 12.3. The number of aromatic nitrogens is 1. The van der Waals surface area contributed by atoms with Crippen LogP contribution in [-0.2, 0) is 0 Å². The van der Waals surface area contributed by atoms with Crippen molar-refractivity contribution < 1.29 is 13.6 Å². The molecule has 2 heterocycles. The Balaban J connectivity index is 1.65. The number of aromatic amines is 1. The van der Waals surface area contributed by atoms with Gasteiger partial charge in [-0.25, -0.2) is 4.79 Å². The topological polar surface area (TPSA) is 88.2 Å². The van der Waals surface area contributed by atoms with Crippen molar-refractivity contribution >= 4 is 45.3 Å². The molecule has 7 heteroatoms. The zero-order chi connectivity index (χ0) is 16.0. The van der Waals surface area contributed by atoms with Gasteiger partial charge in [0.05, 0.1) is 5.52 Å². The van der Waals surface area contributed by atoms with Gasteiger partial charge in [0, 0.05) is 16.1 Å². The van der Waals surface area contributed by atoms with Crippen LogP contribution < -0.4 is 11.1 Å². The summed E-state index contributed by atoms with van der Waals surface area (Å²) in [5.74, 6) is -0.775. The molecular formula is C16H9ClN2O4. The molecule has 0 atom stereocenters. The summed E-state index contributed by atoms with van der Waals surface area (Å²) in [5, 5.41) is 4.02. The Labute approximate surface area is 133 Å². The average Bonchev–Trinajstić information content (AvgIpc) is 3.08. The van der Waals surface area contributed by atoms with E-state index in [0.29, 0.717) is 27.4 Å². The lowest BCUT2D eigenvalue weighted by atomic mass is 10.2. The molecule has 0 aliphatic heterocycles. The third kappa shape index (κ3) is 2.49. The smallest absolute Gasteiger partial charge is 0.417 e. The minimum absolute atomic E-state index is 0.169. The second-order valence-electron chi connectivity index (χ2n) is 4.97. The summed E-state index contributed by atoms with van der Waals surface area (Å²) in [6, 6.07) is 11.6. The summed E-state index contributed by atoms with van der Waals surface area (Å²) < 4.78 is 10.4. The normalized spacial score (nSPS) is 11.2. The van der Waals surface area contributed by atoms with Crippen LogP contribution in [0.2, 0.25) is 5.02 Å². The lowest BCUT2D eigenvalue weighted by Crippen LogP contribution is -2.10. The molecule has 0 radical (unpaired) electrons. The number of benzene rings is 2. The standard InChI is InChI=1S/C16H9ClN2O4/c17-9-1-3-12-8(5-9)6-14(22-12)15(20)18-10-2-4-13-11(7-10)19-16(21)23-13/h1-7H,(H,18,20)(H,19,21). The van der Waals surface area contributed by atoms with Crippen molar-refractivity contribution in [1.82, 2.24) is 4.98 Å². The second kappa shape index (κ2) is 5.03. The molecule has 4 aromatic rings. The van der Waals surface area contributed by atoms with Gasteiger partial charge in [0.15, 0.2) is 11.3 Å². The number of anilines is 1. The molecule has 4 rings (SSSR count). The zero-order valence-corrected chi connectivity index (χ0v) is 12.3. The minimum atomic E-state index is -0.544. The molecular weight excluding hydrogens is 320 g/mol. The Morgan fingerprint density at radius 3 is 2.74 bits per heavy atom. The summed E-state index contributed by atoms with van der Waals surface area (Å²) in [7, 11) is 0. The third-order valence-electron chi connectivity index (χ3n) is 3.38. The minimum Gasteiger partial charge on any atom is -0.451 e. The Hall–Kier alpha value is -2.99. The molecule has 6 nitrogen and oxygen atoms in total.